The highest BCUT2D eigenvalue weighted by Crippen LogP contribution is 2.17. The van der Waals surface area contributed by atoms with Crippen molar-refractivity contribution < 1.29 is 9.53 Å². The Bertz CT molecular complexity index is 613. The SMILES string of the molecule is Cc1nc(C)c(C(=O)NCCOc2cccc(Cl)c2)s1. The molecule has 0 aliphatic carbocycles. The summed E-state index contributed by atoms with van der Waals surface area (Å²) in [6, 6.07) is 7.16. The van der Waals surface area contributed by atoms with E-state index in [4.69, 9.17) is 16.3 Å². The van der Waals surface area contributed by atoms with Crippen LogP contribution in [0.25, 0.3) is 0 Å². The van der Waals surface area contributed by atoms with Gasteiger partial charge < -0.3 is 10.1 Å². The van der Waals surface area contributed by atoms with Gasteiger partial charge in [-0.15, -0.1) is 11.3 Å². The number of rotatable bonds is 5. The maximum absolute atomic E-state index is 11.9. The van der Waals surface area contributed by atoms with E-state index in [1.165, 1.54) is 11.3 Å². The molecule has 0 aliphatic heterocycles. The predicted octanol–water partition coefficient (Wildman–Crippen LogP) is 3.22. The van der Waals surface area contributed by atoms with Gasteiger partial charge in [0.1, 0.15) is 17.2 Å². The summed E-state index contributed by atoms with van der Waals surface area (Å²) in [6.07, 6.45) is 0. The number of carbonyl (C=O) groups excluding carboxylic acids is 1. The van der Waals surface area contributed by atoms with Gasteiger partial charge in [-0.05, 0) is 32.0 Å². The first-order valence-electron chi connectivity index (χ1n) is 6.17. The minimum atomic E-state index is -0.109. The van der Waals surface area contributed by atoms with Crippen molar-refractivity contribution in [2.45, 2.75) is 13.8 Å². The largest absolute Gasteiger partial charge is 0.492 e. The molecule has 4 nitrogen and oxygen atoms in total. The van der Waals surface area contributed by atoms with Crippen molar-refractivity contribution in [3.8, 4) is 5.75 Å². The predicted molar refractivity (Wildman–Crippen MR) is 80.9 cm³/mol. The van der Waals surface area contributed by atoms with Gasteiger partial charge in [-0.25, -0.2) is 4.98 Å². The lowest BCUT2D eigenvalue weighted by Gasteiger charge is -2.07. The van der Waals surface area contributed by atoms with Crippen LogP contribution in [0.1, 0.15) is 20.4 Å². The monoisotopic (exact) mass is 310 g/mol. The van der Waals surface area contributed by atoms with Gasteiger partial charge in [0.15, 0.2) is 0 Å². The minimum Gasteiger partial charge on any atom is -0.492 e. The van der Waals surface area contributed by atoms with E-state index in [0.717, 1.165) is 10.7 Å². The highest BCUT2D eigenvalue weighted by molar-refractivity contribution is 7.13. The Morgan fingerprint density at radius 2 is 2.25 bits per heavy atom. The molecule has 1 heterocycles. The summed E-state index contributed by atoms with van der Waals surface area (Å²) in [6.45, 7) is 4.54. The first kappa shape index (κ1) is 14.8. The number of hydrogen-bond donors (Lipinski definition) is 1. The van der Waals surface area contributed by atoms with Crippen molar-refractivity contribution in [3.05, 3.63) is 44.9 Å². The highest BCUT2D eigenvalue weighted by Gasteiger charge is 2.12. The van der Waals surface area contributed by atoms with Crippen LogP contribution in [0.2, 0.25) is 5.02 Å². The third kappa shape index (κ3) is 3.95. The van der Waals surface area contributed by atoms with Crippen LogP contribution < -0.4 is 10.1 Å². The van der Waals surface area contributed by atoms with E-state index in [-0.39, 0.29) is 5.91 Å². The zero-order valence-electron chi connectivity index (χ0n) is 11.3. The van der Waals surface area contributed by atoms with Crippen LogP contribution in [0, 0.1) is 13.8 Å². The number of hydrogen-bond acceptors (Lipinski definition) is 4. The topological polar surface area (TPSA) is 51.2 Å². The van der Waals surface area contributed by atoms with E-state index in [9.17, 15) is 4.79 Å². The molecule has 1 aromatic heterocycles. The van der Waals surface area contributed by atoms with E-state index in [1.54, 1.807) is 12.1 Å². The first-order valence-corrected chi connectivity index (χ1v) is 7.36. The third-order valence-corrected chi connectivity index (χ3v) is 3.87. The fourth-order valence-electron chi connectivity index (χ4n) is 1.71. The summed E-state index contributed by atoms with van der Waals surface area (Å²) in [5.41, 5.74) is 0.765. The van der Waals surface area contributed by atoms with Gasteiger partial charge in [-0.3, -0.25) is 4.79 Å². The minimum absolute atomic E-state index is 0.109. The lowest BCUT2D eigenvalue weighted by atomic mass is 10.3. The molecule has 0 radical (unpaired) electrons. The van der Waals surface area contributed by atoms with Crippen molar-refractivity contribution in [1.82, 2.24) is 10.3 Å². The lowest BCUT2D eigenvalue weighted by Crippen LogP contribution is -2.27. The molecular formula is C14H15ClN2O2S. The van der Waals surface area contributed by atoms with Gasteiger partial charge in [0.2, 0.25) is 0 Å². The summed E-state index contributed by atoms with van der Waals surface area (Å²) < 4.78 is 5.50. The maximum atomic E-state index is 11.9. The van der Waals surface area contributed by atoms with Gasteiger partial charge in [-0.1, -0.05) is 17.7 Å². The van der Waals surface area contributed by atoms with Crippen molar-refractivity contribution in [2.24, 2.45) is 0 Å². The van der Waals surface area contributed by atoms with Crippen molar-refractivity contribution in [2.75, 3.05) is 13.2 Å². The van der Waals surface area contributed by atoms with Crippen LogP contribution in [0.4, 0.5) is 0 Å². The first-order chi connectivity index (χ1) is 9.56. The Hall–Kier alpha value is -1.59. The van der Waals surface area contributed by atoms with Gasteiger partial charge in [0.25, 0.3) is 5.91 Å². The fourth-order valence-corrected chi connectivity index (χ4v) is 2.73. The van der Waals surface area contributed by atoms with Crippen LogP contribution >= 0.6 is 22.9 Å². The Morgan fingerprint density at radius 3 is 2.90 bits per heavy atom. The highest BCUT2D eigenvalue weighted by atomic mass is 35.5. The molecular weight excluding hydrogens is 296 g/mol. The number of benzene rings is 1. The van der Waals surface area contributed by atoms with E-state index in [1.807, 2.05) is 26.0 Å². The van der Waals surface area contributed by atoms with E-state index < -0.39 is 0 Å². The Labute approximate surface area is 126 Å². The van der Waals surface area contributed by atoms with Crippen LogP contribution in [0.3, 0.4) is 0 Å². The van der Waals surface area contributed by atoms with Crippen LogP contribution in [0.15, 0.2) is 24.3 Å². The van der Waals surface area contributed by atoms with Gasteiger partial charge in [-0.2, -0.15) is 0 Å². The fraction of sp³-hybridized carbons (Fsp3) is 0.286. The molecule has 0 saturated carbocycles. The lowest BCUT2D eigenvalue weighted by molar-refractivity contribution is 0.0950. The average molecular weight is 311 g/mol. The number of aryl methyl sites for hydroxylation is 2. The van der Waals surface area contributed by atoms with Crippen molar-refractivity contribution in [3.63, 3.8) is 0 Å². The second-order valence-electron chi connectivity index (χ2n) is 4.21. The maximum Gasteiger partial charge on any atom is 0.263 e. The number of amides is 1. The zero-order valence-corrected chi connectivity index (χ0v) is 12.8. The molecule has 0 saturated heterocycles. The van der Waals surface area contributed by atoms with Crippen LogP contribution in [-0.4, -0.2) is 24.0 Å². The number of halogens is 1. The smallest absolute Gasteiger partial charge is 0.263 e. The standard InChI is InChI=1S/C14H15ClN2O2S/c1-9-13(20-10(2)17-9)14(18)16-6-7-19-12-5-3-4-11(15)8-12/h3-5,8H,6-7H2,1-2H3,(H,16,18). The molecule has 1 aromatic carbocycles. The number of thiazole rings is 1. The normalized spacial score (nSPS) is 10.3. The molecule has 0 atom stereocenters. The molecule has 2 rings (SSSR count). The van der Waals surface area contributed by atoms with Crippen LogP contribution in [0.5, 0.6) is 5.75 Å². The Balaban J connectivity index is 1.79. The number of ether oxygens (including phenoxy) is 1. The quantitative estimate of drug-likeness (QED) is 0.863. The summed E-state index contributed by atoms with van der Waals surface area (Å²) in [5.74, 6) is 0.583. The second kappa shape index (κ2) is 6.72. The molecule has 0 unspecified atom stereocenters. The van der Waals surface area contributed by atoms with Gasteiger partial charge in [0, 0.05) is 5.02 Å². The third-order valence-electron chi connectivity index (χ3n) is 2.56. The Kier molecular flexibility index (Phi) is 4.98. The van der Waals surface area contributed by atoms with Crippen molar-refractivity contribution >= 4 is 28.8 Å². The van der Waals surface area contributed by atoms with Crippen molar-refractivity contribution in [1.29, 1.82) is 0 Å². The van der Waals surface area contributed by atoms with Gasteiger partial charge >= 0.3 is 0 Å². The number of carbonyl (C=O) groups is 1. The molecule has 0 aliphatic rings. The molecule has 106 valence electrons. The van der Waals surface area contributed by atoms with Gasteiger partial charge in [0.05, 0.1) is 17.2 Å². The summed E-state index contributed by atoms with van der Waals surface area (Å²) >= 11 is 7.25. The van der Waals surface area contributed by atoms with E-state index in [2.05, 4.69) is 10.3 Å². The summed E-state index contributed by atoms with van der Waals surface area (Å²) in [4.78, 5) is 16.8. The number of nitrogens with zero attached hydrogens (tertiary/aromatic N) is 1. The molecule has 1 N–H and O–H groups in total. The summed E-state index contributed by atoms with van der Waals surface area (Å²) in [5, 5.41) is 4.33. The molecule has 0 fully saturated rings. The zero-order chi connectivity index (χ0) is 14.5. The molecule has 20 heavy (non-hydrogen) atoms. The average Bonchev–Trinajstić information content (AvgIpc) is 2.74. The molecule has 6 heteroatoms. The van der Waals surface area contributed by atoms with E-state index in [0.29, 0.717) is 28.8 Å². The molecule has 0 bridgehead atoms. The van der Waals surface area contributed by atoms with E-state index >= 15 is 0 Å². The Morgan fingerprint density at radius 1 is 1.45 bits per heavy atom. The number of nitrogens with one attached hydrogen (secondary N) is 1. The van der Waals surface area contributed by atoms with Crippen LogP contribution in [-0.2, 0) is 0 Å². The molecule has 2 aromatic rings. The molecule has 0 spiro atoms. The second-order valence-corrected chi connectivity index (χ2v) is 5.85. The molecule has 1 amide bonds. The summed E-state index contributed by atoms with van der Waals surface area (Å²) in [7, 11) is 0. The number of aromatic nitrogens is 1.